The van der Waals surface area contributed by atoms with Crippen LogP contribution in [0, 0.1) is 0 Å². The van der Waals surface area contributed by atoms with Gasteiger partial charge in [-0.3, -0.25) is 0 Å². The van der Waals surface area contributed by atoms with Gasteiger partial charge in [0.15, 0.2) is 0 Å². The summed E-state index contributed by atoms with van der Waals surface area (Å²) in [5.41, 5.74) is 0. The molecule has 23 heavy (non-hydrogen) atoms. The first-order valence-corrected chi connectivity index (χ1v) is 8.05. The zero-order chi connectivity index (χ0) is 16.7. The van der Waals surface area contributed by atoms with E-state index in [-0.39, 0.29) is 12.4 Å². The van der Waals surface area contributed by atoms with Crippen LogP contribution in [0.25, 0.3) is 0 Å². The first-order valence-electron chi connectivity index (χ1n) is 7.06. The number of rotatable bonds is 8. The Morgan fingerprint density at radius 3 is 2.09 bits per heavy atom. The Morgan fingerprint density at radius 2 is 1.52 bits per heavy atom. The van der Waals surface area contributed by atoms with Gasteiger partial charge >= 0.3 is 0 Å². The van der Waals surface area contributed by atoms with E-state index < -0.39 is 6.10 Å². The van der Waals surface area contributed by atoms with Gasteiger partial charge in [-0.05, 0) is 24.3 Å². The SMILES string of the molecule is COc1cc(OC)cc(OCC(O)CSc2ccc(O)cc2)c1. The Morgan fingerprint density at radius 1 is 0.957 bits per heavy atom. The van der Waals surface area contributed by atoms with Gasteiger partial charge in [0.25, 0.3) is 0 Å². The minimum atomic E-state index is -0.619. The predicted octanol–water partition coefficient (Wildman–Crippen LogP) is 2.94. The number of benzene rings is 2. The standard InChI is InChI=1S/C17H20O5S/c1-20-14-7-15(21-2)9-16(8-14)22-10-13(19)11-23-17-5-3-12(18)4-6-17/h3-9,13,18-19H,10-11H2,1-2H3. The number of ether oxygens (including phenoxy) is 3. The van der Waals surface area contributed by atoms with Crippen LogP contribution >= 0.6 is 11.8 Å². The van der Waals surface area contributed by atoms with Crippen molar-refractivity contribution < 1.29 is 24.4 Å². The molecule has 0 aromatic heterocycles. The molecule has 5 nitrogen and oxygen atoms in total. The van der Waals surface area contributed by atoms with Gasteiger partial charge in [-0.1, -0.05) is 0 Å². The number of hydrogen-bond donors (Lipinski definition) is 2. The smallest absolute Gasteiger partial charge is 0.126 e. The van der Waals surface area contributed by atoms with Crippen molar-refractivity contribution in [2.45, 2.75) is 11.0 Å². The Bertz CT molecular complexity index is 593. The number of phenolic OH excluding ortho intramolecular Hbond substituents is 1. The average molecular weight is 336 g/mol. The Hall–Kier alpha value is -2.05. The van der Waals surface area contributed by atoms with Crippen LogP contribution in [-0.4, -0.2) is 42.9 Å². The molecule has 0 aliphatic carbocycles. The molecule has 0 aliphatic rings. The molecular formula is C17H20O5S. The van der Waals surface area contributed by atoms with Crippen LogP contribution in [0.4, 0.5) is 0 Å². The summed E-state index contributed by atoms with van der Waals surface area (Å²) in [6, 6.07) is 12.1. The molecule has 1 atom stereocenters. The second kappa shape index (κ2) is 8.55. The highest BCUT2D eigenvalue weighted by atomic mass is 32.2. The lowest BCUT2D eigenvalue weighted by molar-refractivity contribution is 0.126. The van der Waals surface area contributed by atoms with E-state index in [0.29, 0.717) is 23.0 Å². The number of hydrogen-bond acceptors (Lipinski definition) is 6. The zero-order valence-electron chi connectivity index (χ0n) is 13.1. The van der Waals surface area contributed by atoms with Crippen LogP contribution in [-0.2, 0) is 0 Å². The van der Waals surface area contributed by atoms with Crippen molar-refractivity contribution in [2.24, 2.45) is 0 Å². The Labute approximate surface area is 139 Å². The van der Waals surface area contributed by atoms with E-state index in [1.165, 1.54) is 11.8 Å². The summed E-state index contributed by atoms with van der Waals surface area (Å²) in [7, 11) is 3.14. The van der Waals surface area contributed by atoms with Crippen LogP contribution in [0.3, 0.4) is 0 Å². The van der Waals surface area contributed by atoms with Crippen molar-refractivity contribution in [3.05, 3.63) is 42.5 Å². The molecule has 0 saturated carbocycles. The predicted molar refractivity (Wildman–Crippen MR) is 89.9 cm³/mol. The molecule has 0 fully saturated rings. The van der Waals surface area contributed by atoms with Crippen LogP contribution in [0.2, 0.25) is 0 Å². The third-order valence-corrected chi connectivity index (χ3v) is 4.20. The summed E-state index contributed by atoms with van der Waals surface area (Å²) >= 11 is 1.50. The van der Waals surface area contributed by atoms with Gasteiger partial charge in [-0.25, -0.2) is 0 Å². The van der Waals surface area contributed by atoms with Gasteiger partial charge in [0, 0.05) is 28.8 Å². The van der Waals surface area contributed by atoms with Gasteiger partial charge in [0.2, 0.25) is 0 Å². The number of aliphatic hydroxyl groups excluding tert-OH is 1. The summed E-state index contributed by atoms with van der Waals surface area (Å²) in [5, 5.41) is 19.3. The second-order valence-corrected chi connectivity index (χ2v) is 5.91. The Kier molecular flexibility index (Phi) is 6.43. The maximum absolute atomic E-state index is 10.0. The van der Waals surface area contributed by atoms with Crippen molar-refractivity contribution in [1.29, 1.82) is 0 Å². The fraction of sp³-hybridized carbons (Fsp3) is 0.294. The molecule has 0 radical (unpaired) electrons. The summed E-state index contributed by atoms with van der Waals surface area (Å²) in [4.78, 5) is 0.977. The summed E-state index contributed by atoms with van der Waals surface area (Å²) < 4.78 is 15.9. The van der Waals surface area contributed by atoms with Gasteiger partial charge < -0.3 is 24.4 Å². The molecule has 0 aliphatic heterocycles. The van der Waals surface area contributed by atoms with Gasteiger partial charge in [0.1, 0.15) is 29.6 Å². The van der Waals surface area contributed by atoms with Crippen molar-refractivity contribution in [1.82, 2.24) is 0 Å². The molecule has 2 rings (SSSR count). The topological polar surface area (TPSA) is 68.2 Å². The lowest BCUT2D eigenvalue weighted by atomic mass is 10.3. The van der Waals surface area contributed by atoms with E-state index in [9.17, 15) is 10.2 Å². The van der Waals surface area contributed by atoms with Crippen LogP contribution in [0.1, 0.15) is 0 Å². The van der Waals surface area contributed by atoms with Gasteiger partial charge in [0.05, 0.1) is 20.3 Å². The monoisotopic (exact) mass is 336 g/mol. The number of phenols is 1. The molecule has 2 aromatic carbocycles. The van der Waals surface area contributed by atoms with Crippen LogP contribution < -0.4 is 14.2 Å². The molecule has 1 unspecified atom stereocenters. The molecule has 6 heteroatoms. The quantitative estimate of drug-likeness (QED) is 0.723. The minimum Gasteiger partial charge on any atom is -0.508 e. The number of thioether (sulfide) groups is 1. The Balaban J connectivity index is 1.84. The van der Waals surface area contributed by atoms with Crippen LogP contribution in [0.5, 0.6) is 23.0 Å². The number of aromatic hydroxyl groups is 1. The maximum Gasteiger partial charge on any atom is 0.126 e. The van der Waals surface area contributed by atoms with Gasteiger partial charge in [-0.2, -0.15) is 0 Å². The number of methoxy groups -OCH3 is 2. The molecule has 0 heterocycles. The lowest BCUT2D eigenvalue weighted by Crippen LogP contribution is -2.20. The first kappa shape index (κ1) is 17.3. The molecule has 2 aromatic rings. The van der Waals surface area contributed by atoms with Crippen molar-refractivity contribution in [3.63, 3.8) is 0 Å². The highest BCUT2D eigenvalue weighted by Crippen LogP contribution is 2.28. The molecule has 124 valence electrons. The summed E-state index contributed by atoms with van der Waals surface area (Å²) in [5.74, 6) is 2.56. The van der Waals surface area contributed by atoms with Crippen LogP contribution in [0.15, 0.2) is 47.4 Å². The fourth-order valence-corrected chi connectivity index (χ4v) is 2.65. The van der Waals surface area contributed by atoms with Crippen molar-refractivity contribution in [3.8, 4) is 23.0 Å². The van der Waals surface area contributed by atoms with Gasteiger partial charge in [-0.15, -0.1) is 11.8 Å². The number of aliphatic hydroxyl groups is 1. The molecule has 2 N–H and O–H groups in total. The van der Waals surface area contributed by atoms with Crippen molar-refractivity contribution in [2.75, 3.05) is 26.6 Å². The second-order valence-electron chi connectivity index (χ2n) is 4.82. The highest BCUT2D eigenvalue weighted by molar-refractivity contribution is 7.99. The average Bonchev–Trinajstić information content (AvgIpc) is 2.59. The highest BCUT2D eigenvalue weighted by Gasteiger charge is 2.08. The maximum atomic E-state index is 10.0. The van der Waals surface area contributed by atoms with E-state index >= 15 is 0 Å². The summed E-state index contributed by atoms with van der Waals surface area (Å²) in [6.45, 7) is 0.168. The molecule has 0 bridgehead atoms. The van der Waals surface area contributed by atoms with E-state index in [1.807, 2.05) is 0 Å². The first-order chi connectivity index (χ1) is 11.1. The van der Waals surface area contributed by atoms with E-state index in [2.05, 4.69) is 0 Å². The largest absolute Gasteiger partial charge is 0.508 e. The fourth-order valence-electron chi connectivity index (χ4n) is 1.84. The summed E-state index contributed by atoms with van der Waals surface area (Å²) in [6.07, 6.45) is -0.619. The molecular weight excluding hydrogens is 316 g/mol. The lowest BCUT2D eigenvalue weighted by Gasteiger charge is -2.14. The normalized spacial score (nSPS) is 11.8. The third kappa shape index (κ3) is 5.58. The molecule has 0 amide bonds. The van der Waals surface area contributed by atoms with E-state index in [0.717, 1.165) is 4.90 Å². The van der Waals surface area contributed by atoms with E-state index in [4.69, 9.17) is 14.2 Å². The molecule has 0 spiro atoms. The molecule has 0 saturated heterocycles. The van der Waals surface area contributed by atoms with Crippen molar-refractivity contribution >= 4 is 11.8 Å². The van der Waals surface area contributed by atoms with E-state index in [1.54, 1.807) is 56.7 Å². The zero-order valence-corrected chi connectivity index (χ0v) is 13.9. The minimum absolute atomic E-state index is 0.168. The third-order valence-electron chi connectivity index (χ3n) is 3.05.